The lowest BCUT2D eigenvalue weighted by molar-refractivity contribution is 1.13. The lowest BCUT2D eigenvalue weighted by atomic mass is 10.2. The highest BCUT2D eigenvalue weighted by Crippen LogP contribution is 2.31. The molecule has 1 aromatic carbocycles. The summed E-state index contributed by atoms with van der Waals surface area (Å²) in [5.41, 5.74) is 6.95. The Morgan fingerprint density at radius 3 is 1.92 bits per heavy atom. The summed E-state index contributed by atoms with van der Waals surface area (Å²) in [5.74, 6) is 0. The van der Waals surface area contributed by atoms with Crippen LogP contribution in [0.2, 0.25) is 10.0 Å². The summed E-state index contributed by atoms with van der Waals surface area (Å²) in [6.45, 7) is 0. The first-order valence-electron chi connectivity index (χ1n) is 3.44. The predicted molar refractivity (Wildman–Crippen MR) is 55.2 cm³/mol. The van der Waals surface area contributed by atoms with Crippen molar-refractivity contribution in [2.24, 2.45) is 0 Å². The first-order valence-corrected chi connectivity index (χ1v) is 4.20. The zero-order valence-electron chi connectivity index (χ0n) is 6.94. The average molecular weight is 205 g/mol. The van der Waals surface area contributed by atoms with E-state index in [0.717, 1.165) is 5.69 Å². The molecule has 0 amide bonds. The molecule has 0 fully saturated rings. The third-order valence-corrected chi connectivity index (χ3v) is 2.21. The van der Waals surface area contributed by atoms with Gasteiger partial charge in [-0.25, -0.2) is 0 Å². The molecular weight excluding hydrogens is 195 g/mol. The molecule has 0 radical (unpaired) electrons. The summed E-state index contributed by atoms with van der Waals surface area (Å²) in [7, 11) is 3.83. The van der Waals surface area contributed by atoms with Crippen molar-refractivity contribution in [3.8, 4) is 0 Å². The standard InChI is InChI=1S/C8H10Cl2N2/c1-12(2)5-3-6(9)8(11)7(10)4-5/h3-4H,11H2,1-2H3. The minimum absolute atomic E-state index is 0.434. The molecule has 0 aliphatic heterocycles. The molecule has 4 heteroatoms. The lowest BCUT2D eigenvalue weighted by Crippen LogP contribution is -2.08. The first kappa shape index (κ1) is 9.49. The van der Waals surface area contributed by atoms with E-state index in [1.54, 1.807) is 12.1 Å². The maximum Gasteiger partial charge on any atom is 0.0694 e. The normalized spacial score (nSPS) is 10.0. The Bertz CT molecular complexity index is 274. The Kier molecular flexibility index (Phi) is 2.70. The molecule has 0 spiro atoms. The summed E-state index contributed by atoms with van der Waals surface area (Å²) in [5, 5.41) is 0.984. The molecule has 2 N–H and O–H groups in total. The smallest absolute Gasteiger partial charge is 0.0694 e. The number of hydrogen-bond donors (Lipinski definition) is 1. The van der Waals surface area contributed by atoms with E-state index in [4.69, 9.17) is 28.9 Å². The number of anilines is 2. The minimum atomic E-state index is 0.434. The third-order valence-electron chi connectivity index (χ3n) is 1.58. The molecule has 1 aromatic rings. The van der Waals surface area contributed by atoms with E-state index in [0.29, 0.717) is 15.7 Å². The number of nitrogen functional groups attached to an aromatic ring is 1. The van der Waals surface area contributed by atoms with Crippen molar-refractivity contribution in [1.82, 2.24) is 0 Å². The van der Waals surface area contributed by atoms with Gasteiger partial charge in [-0.15, -0.1) is 0 Å². The summed E-state index contributed by atoms with van der Waals surface area (Å²) in [4.78, 5) is 1.91. The van der Waals surface area contributed by atoms with E-state index in [1.807, 2.05) is 19.0 Å². The number of hydrogen-bond acceptors (Lipinski definition) is 2. The molecule has 0 saturated heterocycles. The molecule has 0 atom stereocenters. The molecule has 12 heavy (non-hydrogen) atoms. The fourth-order valence-corrected chi connectivity index (χ4v) is 1.30. The van der Waals surface area contributed by atoms with Crippen molar-refractivity contribution in [3.05, 3.63) is 22.2 Å². The average Bonchev–Trinajstić information content (AvgIpc) is 1.99. The molecule has 0 aliphatic carbocycles. The molecular formula is C8H10Cl2N2. The van der Waals surface area contributed by atoms with E-state index >= 15 is 0 Å². The van der Waals surface area contributed by atoms with Crippen molar-refractivity contribution < 1.29 is 0 Å². The molecule has 0 unspecified atom stereocenters. The van der Waals surface area contributed by atoms with Crippen molar-refractivity contribution in [2.75, 3.05) is 24.7 Å². The summed E-state index contributed by atoms with van der Waals surface area (Å²) in [6.07, 6.45) is 0. The van der Waals surface area contributed by atoms with Crippen molar-refractivity contribution in [3.63, 3.8) is 0 Å². The lowest BCUT2D eigenvalue weighted by Gasteiger charge is -2.14. The van der Waals surface area contributed by atoms with Gasteiger partial charge in [-0.2, -0.15) is 0 Å². The van der Waals surface area contributed by atoms with Crippen LogP contribution in [0.15, 0.2) is 12.1 Å². The molecule has 1 rings (SSSR count). The van der Waals surface area contributed by atoms with Crippen LogP contribution in [0, 0.1) is 0 Å². The number of nitrogens with zero attached hydrogens (tertiary/aromatic N) is 1. The van der Waals surface area contributed by atoms with Gasteiger partial charge >= 0.3 is 0 Å². The van der Waals surface area contributed by atoms with E-state index in [2.05, 4.69) is 0 Å². The molecule has 0 aromatic heterocycles. The second kappa shape index (κ2) is 3.42. The fourth-order valence-electron chi connectivity index (χ4n) is 0.829. The van der Waals surface area contributed by atoms with Crippen LogP contribution in [0.5, 0.6) is 0 Å². The summed E-state index contributed by atoms with van der Waals surface area (Å²) < 4.78 is 0. The van der Waals surface area contributed by atoms with Crippen LogP contribution in [0.4, 0.5) is 11.4 Å². The maximum absolute atomic E-state index is 5.83. The van der Waals surface area contributed by atoms with Crippen LogP contribution < -0.4 is 10.6 Å². The molecule has 66 valence electrons. The Morgan fingerprint density at radius 2 is 1.58 bits per heavy atom. The van der Waals surface area contributed by atoms with Crippen molar-refractivity contribution in [2.45, 2.75) is 0 Å². The second-order valence-electron chi connectivity index (χ2n) is 2.72. The highest BCUT2D eigenvalue weighted by atomic mass is 35.5. The van der Waals surface area contributed by atoms with Gasteiger partial charge in [0.05, 0.1) is 15.7 Å². The molecule has 0 saturated carbocycles. The quantitative estimate of drug-likeness (QED) is 0.714. The number of rotatable bonds is 1. The number of nitrogens with two attached hydrogens (primary N) is 1. The largest absolute Gasteiger partial charge is 0.396 e. The zero-order valence-corrected chi connectivity index (χ0v) is 8.45. The van der Waals surface area contributed by atoms with Gasteiger partial charge in [0.2, 0.25) is 0 Å². The van der Waals surface area contributed by atoms with Gasteiger partial charge < -0.3 is 10.6 Å². The highest BCUT2D eigenvalue weighted by Gasteiger charge is 2.05. The molecule has 2 nitrogen and oxygen atoms in total. The molecule has 0 bridgehead atoms. The first-order chi connectivity index (χ1) is 5.52. The Labute approximate surface area is 81.9 Å². The Morgan fingerprint density at radius 1 is 1.17 bits per heavy atom. The van der Waals surface area contributed by atoms with Crippen LogP contribution >= 0.6 is 23.2 Å². The van der Waals surface area contributed by atoms with E-state index in [-0.39, 0.29) is 0 Å². The zero-order chi connectivity index (χ0) is 9.30. The van der Waals surface area contributed by atoms with E-state index < -0.39 is 0 Å². The van der Waals surface area contributed by atoms with E-state index in [9.17, 15) is 0 Å². The second-order valence-corrected chi connectivity index (χ2v) is 3.53. The van der Waals surface area contributed by atoms with Crippen LogP contribution in [0.1, 0.15) is 0 Å². The monoisotopic (exact) mass is 204 g/mol. The van der Waals surface area contributed by atoms with E-state index in [1.165, 1.54) is 0 Å². The van der Waals surface area contributed by atoms with Crippen LogP contribution in [0.25, 0.3) is 0 Å². The summed E-state index contributed by atoms with van der Waals surface area (Å²) in [6, 6.07) is 3.56. The molecule has 0 aliphatic rings. The van der Waals surface area contributed by atoms with Crippen LogP contribution in [-0.2, 0) is 0 Å². The van der Waals surface area contributed by atoms with Crippen LogP contribution in [0.3, 0.4) is 0 Å². The fraction of sp³-hybridized carbons (Fsp3) is 0.250. The topological polar surface area (TPSA) is 29.3 Å². The number of halogens is 2. The van der Waals surface area contributed by atoms with Gasteiger partial charge in [0.1, 0.15) is 0 Å². The number of benzene rings is 1. The SMILES string of the molecule is CN(C)c1cc(Cl)c(N)c(Cl)c1. The molecule has 0 heterocycles. The van der Waals surface area contributed by atoms with Gasteiger partial charge in [-0.1, -0.05) is 23.2 Å². The van der Waals surface area contributed by atoms with Gasteiger partial charge in [-0.05, 0) is 12.1 Å². The van der Waals surface area contributed by atoms with Crippen molar-refractivity contribution >= 4 is 34.6 Å². The highest BCUT2D eigenvalue weighted by molar-refractivity contribution is 6.39. The Hall–Kier alpha value is -0.600. The van der Waals surface area contributed by atoms with Crippen molar-refractivity contribution in [1.29, 1.82) is 0 Å². The van der Waals surface area contributed by atoms with Gasteiger partial charge in [0.15, 0.2) is 0 Å². The van der Waals surface area contributed by atoms with Gasteiger partial charge in [-0.3, -0.25) is 0 Å². The van der Waals surface area contributed by atoms with Gasteiger partial charge in [0.25, 0.3) is 0 Å². The van der Waals surface area contributed by atoms with Crippen LogP contribution in [-0.4, -0.2) is 14.1 Å². The van der Waals surface area contributed by atoms with Gasteiger partial charge in [0, 0.05) is 19.8 Å². The summed E-state index contributed by atoms with van der Waals surface area (Å²) >= 11 is 11.7. The Balaban J connectivity index is 3.21. The third kappa shape index (κ3) is 1.76. The minimum Gasteiger partial charge on any atom is -0.396 e. The maximum atomic E-state index is 5.83. The predicted octanol–water partition coefficient (Wildman–Crippen LogP) is 2.64.